The second-order valence-corrected chi connectivity index (χ2v) is 6.69. The highest BCUT2D eigenvalue weighted by Gasteiger charge is 2.39. The van der Waals surface area contributed by atoms with Crippen molar-refractivity contribution in [3.8, 4) is 11.5 Å². The molecule has 3 nitrogen and oxygen atoms in total. The van der Waals surface area contributed by atoms with E-state index in [0.717, 1.165) is 12.0 Å². The number of aryl methyl sites for hydroxylation is 1. The van der Waals surface area contributed by atoms with Crippen molar-refractivity contribution in [1.82, 2.24) is 0 Å². The molecule has 118 valence electrons. The van der Waals surface area contributed by atoms with Crippen LogP contribution < -0.4 is 5.32 Å². The van der Waals surface area contributed by atoms with Crippen molar-refractivity contribution in [1.29, 1.82) is 0 Å². The summed E-state index contributed by atoms with van der Waals surface area (Å²) in [6.07, 6.45) is 5.53. The number of hydrogen-bond donors (Lipinski definition) is 3. The van der Waals surface area contributed by atoms with Crippen LogP contribution in [0, 0.1) is 19.8 Å². The van der Waals surface area contributed by atoms with Crippen LogP contribution >= 0.6 is 0 Å². The lowest BCUT2D eigenvalue weighted by atomic mass is 9.76. The standard InChI is InChI=1S/C20H21NO2/c1-11-6-8-16-14-4-3-5-15(14)20(21-19(16)12(11)2)17-9-7-13(22)10-18(17)23/h3-4,6-10,14-15,20-23H,5H2,1-2H3. The van der Waals surface area contributed by atoms with E-state index in [0.29, 0.717) is 11.8 Å². The van der Waals surface area contributed by atoms with E-state index in [1.807, 2.05) is 6.07 Å². The molecule has 3 heteroatoms. The molecule has 0 fully saturated rings. The van der Waals surface area contributed by atoms with E-state index in [-0.39, 0.29) is 17.5 Å². The number of anilines is 1. The maximum atomic E-state index is 10.3. The van der Waals surface area contributed by atoms with Crippen molar-refractivity contribution >= 4 is 5.69 Å². The van der Waals surface area contributed by atoms with Gasteiger partial charge in [-0.2, -0.15) is 0 Å². The van der Waals surface area contributed by atoms with Crippen molar-refractivity contribution in [2.24, 2.45) is 5.92 Å². The van der Waals surface area contributed by atoms with E-state index in [1.54, 1.807) is 6.07 Å². The van der Waals surface area contributed by atoms with Gasteiger partial charge in [0.1, 0.15) is 11.5 Å². The molecule has 0 radical (unpaired) electrons. The van der Waals surface area contributed by atoms with Gasteiger partial charge < -0.3 is 15.5 Å². The predicted molar refractivity (Wildman–Crippen MR) is 92.0 cm³/mol. The third-order valence-corrected chi connectivity index (χ3v) is 5.42. The lowest BCUT2D eigenvalue weighted by molar-refractivity contribution is 0.398. The molecule has 4 rings (SSSR count). The molecule has 1 aliphatic carbocycles. The van der Waals surface area contributed by atoms with E-state index in [9.17, 15) is 10.2 Å². The zero-order chi connectivity index (χ0) is 16.1. The van der Waals surface area contributed by atoms with Crippen molar-refractivity contribution < 1.29 is 10.2 Å². The minimum Gasteiger partial charge on any atom is -0.508 e. The van der Waals surface area contributed by atoms with E-state index in [2.05, 4.69) is 43.4 Å². The van der Waals surface area contributed by atoms with E-state index >= 15 is 0 Å². The molecule has 3 unspecified atom stereocenters. The number of fused-ring (bicyclic) bond motifs is 3. The molecular weight excluding hydrogens is 286 g/mol. The topological polar surface area (TPSA) is 52.5 Å². The molecule has 0 bridgehead atoms. The first-order valence-corrected chi connectivity index (χ1v) is 8.11. The van der Waals surface area contributed by atoms with Gasteiger partial charge in [0, 0.05) is 23.2 Å². The molecule has 0 saturated carbocycles. The summed E-state index contributed by atoms with van der Waals surface area (Å²) >= 11 is 0. The number of aromatic hydroxyl groups is 2. The van der Waals surface area contributed by atoms with Crippen molar-refractivity contribution in [3.63, 3.8) is 0 Å². The quantitative estimate of drug-likeness (QED) is 0.678. The number of nitrogens with one attached hydrogen (secondary N) is 1. The zero-order valence-electron chi connectivity index (χ0n) is 13.4. The van der Waals surface area contributed by atoms with Gasteiger partial charge in [0.25, 0.3) is 0 Å². The molecular formula is C20H21NO2. The van der Waals surface area contributed by atoms with E-state index in [1.165, 1.54) is 28.4 Å². The van der Waals surface area contributed by atoms with Gasteiger partial charge >= 0.3 is 0 Å². The third-order valence-electron chi connectivity index (χ3n) is 5.42. The fourth-order valence-electron chi connectivity index (χ4n) is 4.02. The number of phenols is 2. The predicted octanol–water partition coefficient (Wildman–Crippen LogP) is 4.54. The molecule has 1 aliphatic heterocycles. The fourth-order valence-corrected chi connectivity index (χ4v) is 4.02. The summed E-state index contributed by atoms with van der Waals surface area (Å²) in [7, 11) is 0. The lowest BCUT2D eigenvalue weighted by Gasteiger charge is -2.38. The Balaban J connectivity index is 1.85. The molecule has 3 N–H and O–H groups in total. The Labute approximate surface area is 136 Å². The minimum atomic E-state index is 0.0450. The molecule has 1 heterocycles. The Kier molecular flexibility index (Phi) is 3.12. The summed E-state index contributed by atoms with van der Waals surface area (Å²) in [6.45, 7) is 4.27. The first kappa shape index (κ1) is 14.2. The van der Waals surface area contributed by atoms with Crippen LogP contribution in [0.15, 0.2) is 42.5 Å². The summed E-state index contributed by atoms with van der Waals surface area (Å²) in [4.78, 5) is 0. The molecule has 0 spiro atoms. The number of allylic oxidation sites excluding steroid dienone is 2. The van der Waals surface area contributed by atoms with Crippen molar-refractivity contribution in [2.45, 2.75) is 32.2 Å². The van der Waals surface area contributed by atoms with Gasteiger partial charge in [0.15, 0.2) is 0 Å². The van der Waals surface area contributed by atoms with Crippen LogP contribution in [-0.4, -0.2) is 10.2 Å². The number of hydrogen-bond acceptors (Lipinski definition) is 3. The van der Waals surface area contributed by atoms with Crippen molar-refractivity contribution in [2.75, 3.05) is 5.32 Å². The maximum Gasteiger partial charge on any atom is 0.124 e. The highest BCUT2D eigenvalue weighted by atomic mass is 16.3. The van der Waals surface area contributed by atoms with Crippen LogP contribution in [0.3, 0.4) is 0 Å². The van der Waals surface area contributed by atoms with Crippen LogP contribution in [0.1, 0.15) is 40.6 Å². The average Bonchev–Trinajstić information content (AvgIpc) is 3.00. The second-order valence-electron chi connectivity index (χ2n) is 6.69. The number of rotatable bonds is 1. The van der Waals surface area contributed by atoms with Crippen LogP contribution in [0.25, 0.3) is 0 Å². The first-order chi connectivity index (χ1) is 11.1. The monoisotopic (exact) mass is 307 g/mol. The molecule has 0 saturated heterocycles. The molecule has 0 aromatic heterocycles. The second kappa shape index (κ2) is 5.05. The Hall–Kier alpha value is -2.42. The summed E-state index contributed by atoms with van der Waals surface area (Å²) in [5.74, 6) is 1.02. The zero-order valence-corrected chi connectivity index (χ0v) is 13.4. The highest BCUT2D eigenvalue weighted by Crippen LogP contribution is 2.52. The Bertz CT molecular complexity index is 810. The van der Waals surface area contributed by atoms with Gasteiger partial charge in [0.05, 0.1) is 6.04 Å². The highest BCUT2D eigenvalue weighted by molar-refractivity contribution is 5.66. The van der Waals surface area contributed by atoms with Gasteiger partial charge in [-0.15, -0.1) is 0 Å². The van der Waals surface area contributed by atoms with Crippen LogP contribution in [0.2, 0.25) is 0 Å². The van der Waals surface area contributed by atoms with Crippen LogP contribution in [-0.2, 0) is 0 Å². The third kappa shape index (κ3) is 2.11. The fraction of sp³-hybridized carbons (Fsp3) is 0.300. The van der Waals surface area contributed by atoms with E-state index in [4.69, 9.17) is 0 Å². The Morgan fingerprint density at radius 1 is 1.04 bits per heavy atom. The molecule has 3 atom stereocenters. The van der Waals surface area contributed by atoms with Gasteiger partial charge in [0.2, 0.25) is 0 Å². The van der Waals surface area contributed by atoms with Gasteiger partial charge in [-0.25, -0.2) is 0 Å². The van der Waals surface area contributed by atoms with Crippen molar-refractivity contribution in [3.05, 3.63) is 64.7 Å². The smallest absolute Gasteiger partial charge is 0.124 e. The molecule has 2 aromatic rings. The molecule has 0 amide bonds. The number of benzene rings is 2. The largest absolute Gasteiger partial charge is 0.508 e. The first-order valence-electron chi connectivity index (χ1n) is 8.11. The van der Waals surface area contributed by atoms with Gasteiger partial charge in [-0.1, -0.05) is 24.3 Å². The Morgan fingerprint density at radius 3 is 2.61 bits per heavy atom. The lowest BCUT2D eigenvalue weighted by Crippen LogP contribution is -2.29. The van der Waals surface area contributed by atoms with Gasteiger partial charge in [-0.3, -0.25) is 0 Å². The summed E-state index contributed by atoms with van der Waals surface area (Å²) in [5.41, 5.74) is 5.93. The summed E-state index contributed by atoms with van der Waals surface area (Å²) in [5, 5.41) is 23.6. The number of phenolic OH excluding ortho intramolecular Hbond substituents is 2. The SMILES string of the molecule is Cc1ccc2c(c1C)NC(c1ccc(O)cc1O)C1CC=CC21. The van der Waals surface area contributed by atoms with Crippen LogP contribution in [0.5, 0.6) is 11.5 Å². The summed E-state index contributed by atoms with van der Waals surface area (Å²) < 4.78 is 0. The summed E-state index contributed by atoms with van der Waals surface area (Å²) in [6, 6.07) is 9.36. The molecule has 23 heavy (non-hydrogen) atoms. The van der Waals surface area contributed by atoms with Gasteiger partial charge in [-0.05, 0) is 55.0 Å². The minimum absolute atomic E-state index is 0.0450. The molecule has 2 aliphatic rings. The Morgan fingerprint density at radius 2 is 1.83 bits per heavy atom. The molecule has 2 aromatic carbocycles. The van der Waals surface area contributed by atoms with E-state index < -0.39 is 0 Å². The normalized spacial score (nSPS) is 24.9. The maximum absolute atomic E-state index is 10.3. The van der Waals surface area contributed by atoms with Crippen LogP contribution in [0.4, 0.5) is 5.69 Å². The average molecular weight is 307 g/mol.